The normalized spacial score (nSPS) is 22.7. The van der Waals surface area contributed by atoms with E-state index in [9.17, 15) is 10.2 Å². The molecule has 188 valence electrons. The fourth-order valence-corrected chi connectivity index (χ4v) is 5.84. The predicted octanol–water partition coefficient (Wildman–Crippen LogP) is 6.80. The Morgan fingerprint density at radius 3 is 2.33 bits per heavy atom. The van der Waals surface area contributed by atoms with Gasteiger partial charge in [0.05, 0.1) is 0 Å². The van der Waals surface area contributed by atoms with Crippen molar-refractivity contribution < 1.29 is 19.7 Å². The number of allylic oxidation sites excluding steroid dienone is 1. The lowest BCUT2D eigenvalue weighted by molar-refractivity contribution is 0.109. The molecule has 5 rings (SSSR count). The number of nitrogens with zero attached hydrogens (tertiary/aromatic N) is 1. The van der Waals surface area contributed by atoms with Gasteiger partial charge in [0.15, 0.2) is 0 Å². The van der Waals surface area contributed by atoms with Crippen molar-refractivity contribution in [3.05, 3.63) is 83.4 Å². The molecule has 2 heterocycles. The molecule has 0 aliphatic carbocycles. The van der Waals surface area contributed by atoms with Gasteiger partial charge in [-0.2, -0.15) is 0 Å². The standard InChI is InChI=1S/C31H35NO4/c1-19-8-9-20(2)32(19)21(3)18-35-27-13-10-23(11-14-27)31-30(24-6-5-7-25(33)16-24)22(4)28-17-26(34)12-15-29(28)36-31/h5-7,10-17,19-21,31,33-34H,8-9,18H2,1-4H3. The van der Waals surface area contributed by atoms with E-state index in [1.807, 2.05) is 43.3 Å². The van der Waals surface area contributed by atoms with E-state index < -0.39 is 0 Å². The van der Waals surface area contributed by atoms with Gasteiger partial charge in [-0.15, -0.1) is 0 Å². The maximum absolute atomic E-state index is 10.2. The van der Waals surface area contributed by atoms with Crippen molar-refractivity contribution in [3.8, 4) is 23.0 Å². The minimum absolute atomic E-state index is 0.193. The molecule has 0 saturated carbocycles. The molecule has 0 spiro atoms. The molecule has 2 aliphatic rings. The molecule has 1 fully saturated rings. The summed E-state index contributed by atoms with van der Waals surface area (Å²) in [7, 11) is 0. The predicted molar refractivity (Wildman–Crippen MR) is 143 cm³/mol. The van der Waals surface area contributed by atoms with Crippen LogP contribution in [0.2, 0.25) is 0 Å². The van der Waals surface area contributed by atoms with Gasteiger partial charge in [-0.25, -0.2) is 0 Å². The summed E-state index contributed by atoms with van der Waals surface area (Å²) in [6.45, 7) is 9.54. The topological polar surface area (TPSA) is 62.2 Å². The first-order valence-electron chi connectivity index (χ1n) is 12.8. The van der Waals surface area contributed by atoms with Crippen LogP contribution in [0.25, 0.3) is 11.1 Å². The van der Waals surface area contributed by atoms with E-state index in [4.69, 9.17) is 9.47 Å². The number of benzene rings is 3. The second-order valence-corrected chi connectivity index (χ2v) is 10.2. The Balaban J connectivity index is 1.41. The zero-order valence-corrected chi connectivity index (χ0v) is 21.4. The largest absolute Gasteiger partial charge is 0.508 e. The van der Waals surface area contributed by atoms with Gasteiger partial charge >= 0.3 is 0 Å². The minimum Gasteiger partial charge on any atom is -0.508 e. The van der Waals surface area contributed by atoms with Crippen LogP contribution in [0.5, 0.6) is 23.0 Å². The molecule has 4 unspecified atom stereocenters. The zero-order valence-electron chi connectivity index (χ0n) is 21.4. The Labute approximate surface area is 213 Å². The van der Waals surface area contributed by atoms with E-state index in [0.29, 0.717) is 24.7 Å². The van der Waals surface area contributed by atoms with Crippen LogP contribution in [0, 0.1) is 0 Å². The van der Waals surface area contributed by atoms with E-state index in [2.05, 4.69) is 25.7 Å². The lowest BCUT2D eigenvalue weighted by Crippen LogP contribution is -2.43. The number of aromatic hydroxyl groups is 2. The molecule has 0 radical (unpaired) electrons. The quantitative estimate of drug-likeness (QED) is 0.402. The summed E-state index contributed by atoms with van der Waals surface area (Å²) in [6.07, 6.45) is 2.14. The van der Waals surface area contributed by atoms with Gasteiger partial charge in [0, 0.05) is 29.3 Å². The van der Waals surface area contributed by atoms with Gasteiger partial charge in [-0.3, -0.25) is 4.90 Å². The van der Waals surface area contributed by atoms with Gasteiger partial charge in [0.1, 0.15) is 35.7 Å². The number of phenols is 2. The third-order valence-corrected chi connectivity index (χ3v) is 7.64. The Morgan fingerprint density at radius 1 is 0.944 bits per heavy atom. The molecule has 2 aliphatic heterocycles. The summed E-state index contributed by atoms with van der Waals surface area (Å²) in [5, 5.41) is 20.2. The first kappa shape index (κ1) is 24.3. The highest BCUT2D eigenvalue weighted by atomic mass is 16.5. The summed E-state index contributed by atoms with van der Waals surface area (Å²) in [6, 6.07) is 22.1. The van der Waals surface area contributed by atoms with Gasteiger partial charge in [-0.05, 0) is 99.7 Å². The highest BCUT2D eigenvalue weighted by Crippen LogP contribution is 2.47. The Morgan fingerprint density at radius 2 is 1.64 bits per heavy atom. The molecule has 36 heavy (non-hydrogen) atoms. The van der Waals surface area contributed by atoms with Crippen molar-refractivity contribution >= 4 is 11.1 Å². The fourth-order valence-electron chi connectivity index (χ4n) is 5.84. The second kappa shape index (κ2) is 9.90. The number of phenolic OH excluding ortho intramolecular Hbond substituents is 2. The smallest absolute Gasteiger partial charge is 0.150 e. The van der Waals surface area contributed by atoms with Crippen LogP contribution in [0.3, 0.4) is 0 Å². The lowest BCUT2D eigenvalue weighted by atomic mass is 9.86. The van der Waals surface area contributed by atoms with E-state index in [-0.39, 0.29) is 17.6 Å². The summed E-state index contributed by atoms with van der Waals surface area (Å²) < 4.78 is 12.7. The summed E-state index contributed by atoms with van der Waals surface area (Å²) in [5.41, 5.74) is 4.70. The highest BCUT2D eigenvalue weighted by Gasteiger charge is 2.32. The second-order valence-electron chi connectivity index (χ2n) is 10.2. The van der Waals surface area contributed by atoms with Crippen LogP contribution in [-0.4, -0.2) is 39.8 Å². The van der Waals surface area contributed by atoms with E-state index in [0.717, 1.165) is 39.3 Å². The van der Waals surface area contributed by atoms with Crippen LogP contribution in [0.15, 0.2) is 66.7 Å². The number of ether oxygens (including phenoxy) is 2. The molecule has 3 aromatic carbocycles. The number of hydrogen-bond donors (Lipinski definition) is 2. The van der Waals surface area contributed by atoms with Crippen LogP contribution in [0.4, 0.5) is 0 Å². The van der Waals surface area contributed by atoms with Gasteiger partial charge in [0.25, 0.3) is 0 Å². The van der Waals surface area contributed by atoms with Gasteiger partial charge < -0.3 is 19.7 Å². The van der Waals surface area contributed by atoms with Crippen LogP contribution in [0.1, 0.15) is 63.3 Å². The zero-order chi connectivity index (χ0) is 25.4. The average Bonchev–Trinajstić information content (AvgIpc) is 3.21. The first-order valence-corrected chi connectivity index (χ1v) is 12.8. The monoisotopic (exact) mass is 485 g/mol. The van der Waals surface area contributed by atoms with Crippen molar-refractivity contribution in [2.45, 2.75) is 64.8 Å². The van der Waals surface area contributed by atoms with Crippen LogP contribution < -0.4 is 9.47 Å². The molecule has 1 saturated heterocycles. The third kappa shape index (κ3) is 4.68. The summed E-state index contributed by atoms with van der Waals surface area (Å²) >= 11 is 0. The average molecular weight is 486 g/mol. The SMILES string of the molecule is CC1=C(c2cccc(O)c2)C(c2ccc(OCC(C)N3C(C)CCC3C)cc2)Oc2ccc(O)cc21. The molecule has 5 heteroatoms. The van der Waals surface area contributed by atoms with Crippen LogP contribution in [-0.2, 0) is 0 Å². The Bertz CT molecular complexity index is 1260. The van der Waals surface area contributed by atoms with Crippen molar-refractivity contribution in [2.24, 2.45) is 0 Å². The van der Waals surface area contributed by atoms with Gasteiger partial charge in [-0.1, -0.05) is 24.3 Å². The molecule has 0 amide bonds. The van der Waals surface area contributed by atoms with E-state index in [1.165, 1.54) is 12.8 Å². The summed E-state index contributed by atoms with van der Waals surface area (Å²) in [4.78, 5) is 2.56. The lowest BCUT2D eigenvalue weighted by Gasteiger charge is -2.32. The maximum Gasteiger partial charge on any atom is 0.150 e. The van der Waals surface area contributed by atoms with E-state index in [1.54, 1.807) is 30.3 Å². The first-order chi connectivity index (χ1) is 17.3. The van der Waals surface area contributed by atoms with Crippen molar-refractivity contribution in [2.75, 3.05) is 6.61 Å². The number of hydrogen-bond acceptors (Lipinski definition) is 5. The molecule has 5 nitrogen and oxygen atoms in total. The van der Waals surface area contributed by atoms with Crippen molar-refractivity contribution in [1.29, 1.82) is 0 Å². The molecule has 2 N–H and O–H groups in total. The molecule has 4 atom stereocenters. The number of fused-ring (bicyclic) bond motifs is 1. The minimum atomic E-state index is -0.358. The number of rotatable bonds is 6. The molecular formula is C31H35NO4. The molecular weight excluding hydrogens is 450 g/mol. The van der Waals surface area contributed by atoms with Gasteiger partial charge in [0.2, 0.25) is 0 Å². The Hall–Kier alpha value is -3.44. The van der Waals surface area contributed by atoms with E-state index >= 15 is 0 Å². The van der Waals surface area contributed by atoms with Crippen molar-refractivity contribution in [3.63, 3.8) is 0 Å². The molecule has 0 aromatic heterocycles. The fraction of sp³-hybridized carbons (Fsp3) is 0.355. The Kier molecular flexibility index (Phi) is 6.67. The van der Waals surface area contributed by atoms with Crippen molar-refractivity contribution in [1.82, 2.24) is 4.90 Å². The third-order valence-electron chi connectivity index (χ3n) is 7.64. The number of likely N-dealkylation sites (tertiary alicyclic amines) is 1. The maximum atomic E-state index is 10.2. The highest BCUT2D eigenvalue weighted by molar-refractivity contribution is 5.95. The molecule has 0 bridgehead atoms. The summed E-state index contributed by atoms with van der Waals surface area (Å²) in [5.74, 6) is 1.96. The molecule has 3 aromatic rings. The van der Waals surface area contributed by atoms with Crippen LogP contribution >= 0.6 is 0 Å².